The van der Waals surface area contributed by atoms with Crippen LogP contribution in [0, 0.1) is 23.5 Å². The van der Waals surface area contributed by atoms with Crippen molar-refractivity contribution in [2.75, 3.05) is 11.9 Å². The molecule has 21 heavy (non-hydrogen) atoms. The summed E-state index contributed by atoms with van der Waals surface area (Å²) in [6.45, 7) is 0.123. The highest BCUT2D eigenvalue weighted by Gasteiger charge is 2.16. The molecule has 0 radical (unpaired) electrons. The lowest BCUT2D eigenvalue weighted by molar-refractivity contribution is 0.102. The van der Waals surface area contributed by atoms with Gasteiger partial charge in [-0.1, -0.05) is 17.9 Å². The molecule has 0 bridgehead atoms. The monoisotopic (exact) mass is 287 g/mol. The minimum atomic E-state index is -0.867. The van der Waals surface area contributed by atoms with Crippen molar-refractivity contribution in [3.8, 4) is 11.8 Å². The van der Waals surface area contributed by atoms with Crippen molar-refractivity contribution in [2.45, 2.75) is 0 Å². The molecule has 0 unspecified atom stereocenters. The van der Waals surface area contributed by atoms with Gasteiger partial charge in [0, 0.05) is 6.20 Å². The molecule has 0 aliphatic carbocycles. The molecular weight excluding hydrogens is 276 g/mol. The first kappa shape index (κ1) is 14.6. The lowest BCUT2D eigenvalue weighted by Gasteiger charge is -2.08. The summed E-state index contributed by atoms with van der Waals surface area (Å²) >= 11 is 0. The lowest BCUT2D eigenvalue weighted by Crippen LogP contribution is -2.17. The lowest BCUT2D eigenvalue weighted by atomic mass is 10.2. The van der Waals surface area contributed by atoms with Gasteiger partial charge in [0.1, 0.15) is 23.0 Å². The summed E-state index contributed by atoms with van der Waals surface area (Å²) in [5.41, 5.74) is 5.05. The fourth-order valence-electron chi connectivity index (χ4n) is 1.62. The van der Waals surface area contributed by atoms with Gasteiger partial charge in [-0.3, -0.25) is 4.79 Å². The van der Waals surface area contributed by atoms with Gasteiger partial charge < -0.3 is 11.1 Å². The maximum absolute atomic E-state index is 13.5. The first-order valence-corrected chi connectivity index (χ1v) is 6.03. The van der Waals surface area contributed by atoms with E-state index in [0.717, 1.165) is 12.1 Å². The Morgan fingerprint density at radius 2 is 1.95 bits per heavy atom. The molecule has 106 valence electrons. The summed E-state index contributed by atoms with van der Waals surface area (Å²) in [5.74, 6) is 2.80. The highest BCUT2D eigenvalue weighted by molar-refractivity contribution is 6.04. The third-order valence-electron chi connectivity index (χ3n) is 2.55. The summed E-state index contributed by atoms with van der Waals surface area (Å²) in [7, 11) is 0. The van der Waals surface area contributed by atoms with Crippen LogP contribution in [-0.2, 0) is 0 Å². The molecule has 1 aromatic carbocycles. The number of amides is 1. The standard InChI is InChI=1S/C15H11F2N3O/c16-11-6-1-7-12(17)14(11)20-15(21)13-10(4-2-8-18)5-3-9-19-13/h1,3,5-7,9H,8,18H2,(H,20,21). The van der Waals surface area contributed by atoms with Crippen LogP contribution in [0.1, 0.15) is 16.1 Å². The molecule has 1 amide bonds. The van der Waals surface area contributed by atoms with Crippen LogP contribution in [0.3, 0.4) is 0 Å². The Bertz CT molecular complexity index is 715. The number of para-hydroxylation sites is 1. The smallest absolute Gasteiger partial charge is 0.275 e. The molecule has 3 N–H and O–H groups in total. The van der Waals surface area contributed by atoms with Gasteiger partial charge in [0.15, 0.2) is 0 Å². The van der Waals surface area contributed by atoms with Gasteiger partial charge in [0.05, 0.1) is 12.1 Å². The van der Waals surface area contributed by atoms with Crippen LogP contribution in [0.4, 0.5) is 14.5 Å². The molecule has 0 aliphatic heterocycles. The number of benzene rings is 1. The minimum absolute atomic E-state index is 0.0268. The van der Waals surface area contributed by atoms with E-state index < -0.39 is 23.2 Å². The molecule has 0 saturated carbocycles. The van der Waals surface area contributed by atoms with Crippen LogP contribution in [-0.4, -0.2) is 17.4 Å². The molecule has 2 rings (SSSR count). The fraction of sp³-hybridized carbons (Fsp3) is 0.0667. The van der Waals surface area contributed by atoms with E-state index in [4.69, 9.17) is 5.73 Å². The number of hydrogen-bond acceptors (Lipinski definition) is 3. The molecule has 0 atom stereocenters. The Hall–Kier alpha value is -2.78. The second-order valence-electron chi connectivity index (χ2n) is 3.96. The molecule has 6 heteroatoms. The Morgan fingerprint density at radius 3 is 2.62 bits per heavy atom. The zero-order valence-corrected chi connectivity index (χ0v) is 10.9. The molecule has 1 aromatic heterocycles. The zero-order valence-electron chi connectivity index (χ0n) is 10.9. The number of nitrogens with two attached hydrogens (primary N) is 1. The predicted octanol–water partition coefficient (Wildman–Crippen LogP) is 1.92. The SMILES string of the molecule is NCC#Cc1cccnc1C(=O)Nc1c(F)cccc1F. The van der Waals surface area contributed by atoms with Crippen LogP contribution >= 0.6 is 0 Å². The molecular formula is C15H11F2N3O. The average Bonchev–Trinajstić information content (AvgIpc) is 2.49. The van der Waals surface area contributed by atoms with Gasteiger partial charge in [-0.2, -0.15) is 0 Å². The molecule has 1 heterocycles. The van der Waals surface area contributed by atoms with Crippen molar-refractivity contribution in [1.29, 1.82) is 0 Å². The van der Waals surface area contributed by atoms with Crippen molar-refractivity contribution in [2.24, 2.45) is 5.73 Å². The van der Waals surface area contributed by atoms with E-state index in [0.29, 0.717) is 5.56 Å². The van der Waals surface area contributed by atoms with Gasteiger partial charge in [-0.25, -0.2) is 13.8 Å². The third-order valence-corrected chi connectivity index (χ3v) is 2.55. The van der Waals surface area contributed by atoms with E-state index in [1.54, 1.807) is 12.1 Å². The number of carbonyl (C=O) groups is 1. The highest BCUT2D eigenvalue weighted by atomic mass is 19.1. The van der Waals surface area contributed by atoms with E-state index in [-0.39, 0.29) is 12.2 Å². The molecule has 2 aromatic rings. The number of anilines is 1. The van der Waals surface area contributed by atoms with Crippen LogP contribution in [0.25, 0.3) is 0 Å². The normalized spacial score (nSPS) is 9.67. The van der Waals surface area contributed by atoms with E-state index in [1.807, 2.05) is 0 Å². The summed E-state index contributed by atoms with van der Waals surface area (Å²) in [6.07, 6.45) is 1.39. The molecule has 0 fully saturated rings. The van der Waals surface area contributed by atoms with Crippen LogP contribution in [0.5, 0.6) is 0 Å². The maximum Gasteiger partial charge on any atom is 0.275 e. The Balaban J connectivity index is 2.33. The summed E-state index contributed by atoms with van der Waals surface area (Å²) in [6, 6.07) is 6.47. The minimum Gasteiger partial charge on any atom is -0.320 e. The van der Waals surface area contributed by atoms with Crippen LogP contribution in [0.15, 0.2) is 36.5 Å². The van der Waals surface area contributed by atoms with Gasteiger partial charge in [0.2, 0.25) is 0 Å². The fourth-order valence-corrected chi connectivity index (χ4v) is 1.62. The topological polar surface area (TPSA) is 68.0 Å². The van der Waals surface area contributed by atoms with Gasteiger partial charge in [-0.15, -0.1) is 0 Å². The summed E-state index contributed by atoms with van der Waals surface area (Å²) < 4.78 is 27.0. The maximum atomic E-state index is 13.5. The Morgan fingerprint density at radius 1 is 1.24 bits per heavy atom. The Kier molecular flexibility index (Phi) is 4.59. The number of rotatable bonds is 2. The molecule has 0 saturated heterocycles. The zero-order chi connectivity index (χ0) is 15.2. The number of pyridine rings is 1. The predicted molar refractivity (Wildman–Crippen MR) is 74.5 cm³/mol. The van der Waals surface area contributed by atoms with Crippen molar-refractivity contribution in [3.05, 3.63) is 59.4 Å². The quantitative estimate of drug-likeness (QED) is 0.829. The van der Waals surface area contributed by atoms with Gasteiger partial charge in [-0.05, 0) is 24.3 Å². The van der Waals surface area contributed by atoms with E-state index in [2.05, 4.69) is 22.1 Å². The summed E-state index contributed by atoms with van der Waals surface area (Å²) in [5, 5.41) is 2.16. The highest BCUT2D eigenvalue weighted by Crippen LogP contribution is 2.19. The second-order valence-corrected chi connectivity index (χ2v) is 3.96. The van der Waals surface area contributed by atoms with E-state index in [9.17, 15) is 13.6 Å². The van der Waals surface area contributed by atoms with E-state index >= 15 is 0 Å². The van der Waals surface area contributed by atoms with Crippen LogP contribution in [0.2, 0.25) is 0 Å². The molecule has 0 aliphatic rings. The molecule has 4 nitrogen and oxygen atoms in total. The average molecular weight is 287 g/mol. The number of aromatic nitrogens is 1. The second kappa shape index (κ2) is 6.59. The van der Waals surface area contributed by atoms with Crippen molar-refractivity contribution < 1.29 is 13.6 Å². The molecule has 0 spiro atoms. The number of hydrogen-bond donors (Lipinski definition) is 2. The van der Waals surface area contributed by atoms with Crippen molar-refractivity contribution >= 4 is 11.6 Å². The number of nitrogens with zero attached hydrogens (tertiary/aromatic N) is 1. The summed E-state index contributed by atoms with van der Waals surface area (Å²) in [4.78, 5) is 16.0. The number of nitrogens with one attached hydrogen (secondary N) is 1. The number of carbonyl (C=O) groups excluding carboxylic acids is 1. The van der Waals surface area contributed by atoms with Crippen molar-refractivity contribution in [3.63, 3.8) is 0 Å². The number of halogens is 2. The van der Waals surface area contributed by atoms with Crippen molar-refractivity contribution in [1.82, 2.24) is 4.98 Å². The van der Waals surface area contributed by atoms with Crippen LogP contribution < -0.4 is 11.1 Å². The first-order valence-electron chi connectivity index (χ1n) is 6.03. The Labute approximate surface area is 120 Å². The first-order chi connectivity index (χ1) is 10.1. The largest absolute Gasteiger partial charge is 0.320 e. The third kappa shape index (κ3) is 3.41. The van der Waals surface area contributed by atoms with Gasteiger partial charge in [0.25, 0.3) is 5.91 Å². The van der Waals surface area contributed by atoms with Gasteiger partial charge >= 0.3 is 0 Å². The van der Waals surface area contributed by atoms with E-state index in [1.165, 1.54) is 12.3 Å².